The van der Waals surface area contributed by atoms with Crippen molar-refractivity contribution in [2.75, 3.05) is 35.5 Å². The van der Waals surface area contributed by atoms with Gasteiger partial charge in [0.05, 0.1) is 35.5 Å². The van der Waals surface area contributed by atoms with Gasteiger partial charge >= 0.3 is 0 Å². The van der Waals surface area contributed by atoms with Crippen molar-refractivity contribution in [1.29, 1.82) is 0 Å². The number of methoxy groups -OCH3 is 5. The monoisotopic (exact) mass is 402 g/mol. The van der Waals surface area contributed by atoms with Crippen molar-refractivity contribution in [3.8, 4) is 28.7 Å². The fourth-order valence-corrected chi connectivity index (χ4v) is 3.59. The molecule has 0 radical (unpaired) electrons. The van der Waals surface area contributed by atoms with E-state index in [0.29, 0.717) is 5.75 Å². The zero-order valence-corrected chi connectivity index (χ0v) is 19.1. The summed E-state index contributed by atoms with van der Waals surface area (Å²) in [5, 5.41) is 0. The highest BCUT2D eigenvalue weighted by Crippen LogP contribution is 2.51. The van der Waals surface area contributed by atoms with Gasteiger partial charge in [-0.1, -0.05) is 33.8 Å². The highest BCUT2D eigenvalue weighted by molar-refractivity contribution is 5.58. The zero-order chi connectivity index (χ0) is 21.8. The van der Waals surface area contributed by atoms with Crippen LogP contribution in [0.3, 0.4) is 0 Å². The Bertz CT molecular complexity index is 798. The van der Waals surface area contributed by atoms with Crippen molar-refractivity contribution < 1.29 is 23.7 Å². The number of hydrogen-bond donors (Lipinski definition) is 0. The molecule has 29 heavy (non-hydrogen) atoms. The van der Waals surface area contributed by atoms with Gasteiger partial charge in [-0.3, -0.25) is 0 Å². The number of hydrogen-bond acceptors (Lipinski definition) is 5. The Morgan fingerprint density at radius 3 is 1.55 bits per heavy atom. The topological polar surface area (TPSA) is 46.2 Å². The van der Waals surface area contributed by atoms with Crippen LogP contribution in [0.4, 0.5) is 0 Å². The van der Waals surface area contributed by atoms with Gasteiger partial charge in [0.2, 0.25) is 0 Å². The van der Waals surface area contributed by atoms with E-state index in [1.54, 1.807) is 35.5 Å². The molecule has 0 spiro atoms. The molecule has 160 valence electrons. The minimum atomic E-state index is -0.0355. The van der Waals surface area contributed by atoms with Gasteiger partial charge in [0.1, 0.15) is 28.7 Å². The average Bonchev–Trinajstić information content (AvgIpc) is 2.72. The normalized spacial score (nSPS) is 13.4. The van der Waals surface area contributed by atoms with Crippen molar-refractivity contribution in [3.05, 3.63) is 41.5 Å². The summed E-state index contributed by atoms with van der Waals surface area (Å²) in [6, 6.07) is 9.74. The lowest BCUT2D eigenvalue weighted by Crippen LogP contribution is -2.26. The number of ether oxygens (including phenoxy) is 5. The van der Waals surface area contributed by atoms with Crippen LogP contribution in [0.25, 0.3) is 0 Å². The van der Waals surface area contributed by atoms with Crippen LogP contribution >= 0.6 is 0 Å². The molecule has 5 nitrogen and oxygen atoms in total. The molecule has 0 saturated heterocycles. The summed E-state index contributed by atoms with van der Waals surface area (Å²) in [5.74, 6) is 3.85. The second-order valence-corrected chi connectivity index (χ2v) is 8.19. The zero-order valence-electron chi connectivity index (χ0n) is 19.1. The lowest BCUT2D eigenvalue weighted by Gasteiger charge is -2.37. The van der Waals surface area contributed by atoms with Crippen molar-refractivity contribution >= 4 is 0 Å². The minimum absolute atomic E-state index is 0.0194. The predicted octanol–water partition coefficient (Wildman–Crippen LogP) is 5.54. The first-order valence-electron chi connectivity index (χ1n) is 9.73. The van der Waals surface area contributed by atoms with Crippen molar-refractivity contribution in [2.24, 2.45) is 11.3 Å². The van der Waals surface area contributed by atoms with E-state index in [1.807, 2.05) is 24.3 Å². The Morgan fingerprint density at radius 1 is 0.655 bits per heavy atom. The Hall–Kier alpha value is -2.56. The lowest BCUT2D eigenvalue weighted by molar-refractivity contribution is 0.228. The van der Waals surface area contributed by atoms with Gasteiger partial charge in [-0.2, -0.15) is 0 Å². The Kier molecular flexibility index (Phi) is 7.28. The summed E-state index contributed by atoms with van der Waals surface area (Å²) in [4.78, 5) is 0. The van der Waals surface area contributed by atoms with Crippen LogP contribution in [0.1, 0.15) is 44.7 Å². The van der Waals surface area contributed by atoms with Crippen molar-refractivity contribution in [3.63, 3.8) is 0 Å². The van der Waals surface area contributed by atoms with E-state index in [-0.39, 0.29) is 17.3 Å². The van der Waals surface area contributed by atoms with Crippen LogP contribution in [0.2, 0.25) is 0 Å². The molecule has 0 aliphatic carbocycles. The molecule has 2 aromatic carbocycles. The smallest absolute Gasteiger partial charge is 0.130 e. The molecule has 0 heterocycles. The fraction of sp³-hybridized carbons (Fsp3) is 0.500. The second-order valence-electron chi connectivity index (χ2n) is 8.19. The van der Waals surface area contributed by atoms with Crippen molar-refractivity contribution in [2.45, 2.75) is 33.6 Å². The molecule has 0 aromatic heterocycles. The summed E-state index contributed by atoms with van der Waals surface area (Å²) in [7, 11) is 8.30. The van der Waals surface area contributed by atoms with Crippen LogP contribution in [-0.4, -0.2) is 35.5 Å². The molecule has 0 unspecified atom stereocenters. The molecule has 2 rings (SSSR count). The van der Waals surface area contributed by atoms with E-state index in [0.717, 1.165) is 34.1 Å². The standard InChI is InChI=1S/C24H34O5/c1-15(24(2,3)4)22(18-11-10-16(25-5)12-19(18)27-7)23-20(28-8)13-17(26-6)14-21(23)29-9/h10-15,22H,1-9H3/t15-,22-/m0/s1. The molecule has 0 aliphatic heterocycles. The largest absolute Gasteiger partial charge is 0.497 e. The first-order valence-corrected chi connectivity index (χ1v) is 9.73. The van der Waals surface area contributed by atoms with E-state index in [1.165, 1.54) is 0 Å². The molecule has 0 aliphatic rings. The Balaban J connectivity index is 2.84. The summed E-state index contributed by atoms with van der Waals surface area (Å²) in [6.07, 6.45) is 0. The summed E-state index contributed by atoms with van der Waals surface area (Å²) >= 11 is 0. The van der Waals surface area contributed by atoms with E-state index >= 15 is 0 Å². The molecule has 0 bridgehead atoms. The van der Waals surface area contributed by atoms with Gasteiger partial charge in [-0.05, 0) is 17.4 Å². The highest BCUT2D eigenvalue weighted by Gasteiger charge is 2.36. The molecule has 0 fully saturated rings. The Labute approximate surface area is 174 Å². The van der Waals surface area contributed by atoms with Crippen LogP contribution in [0, 0.1) is 11.3 Å². The SMILES string of the molecule is COc1ccc([C@@H](c2c(OC)cc(OC)cc2OC)[C@H](C)C(C)(C)C)c(OC)c1. The van der Waals surface area contributed by atoms with Gasteiger partial charge in [0.15, 0.2) is 0 Å². The molecular weight excluding hydrogens is 368 g/mol. The quantitative estimate of drug-likeness (QED) is 0.580. The molecule has 0 saturated carbocycles. The van der Waals surface area contributed by atoms with Gasteiger partial charge < -0.3 is 23.7 Å². The first kappa shape index (κ1) is 22.7. The van der Waals surface area contributed by atoms with E-state index < -0.39 is 0 Å². The predicted molar refractivity (Wildman–Crippen MR) is 116 cm³/mol. The lowest BCUT2D eigenvalue weighted by atomic mass is 9.68. The van der Waals surface area contributed by atoms with Gasteiger partial charge in [0, 0.05) is 35.2 Å². The summed E-state index contributed by atoms with van der Waals surface area (Å²) in [6.45, 7) is 8.97. The summed E-state index contributed by atoms with van der Waals surface area (Å²) in [5.41, 5.74) is 2.05. The Morgan fingerprint density at radius 2 is 1.14 bits per heavy atom. The van der Waals surface area contributed by atoms with E-state index in [4.69, 9.17) is 23.7 Å². The highest BCUT2D eigenvalue weighted by atomic mass is 16.5. The molecule has 5 heteroatoms. The van der Waals surface area contributed by atoms with Crippen LogP contribution in [0.5, 0.6) is 28.7 Å². The van der Waals surface area contributed by atoms with E-state index in [2.05, 4.69) is 33.8 Å². The van der Waals surface area contributed by atoms with Gasteiger partial charge in [0.25, 0.3) is 0 Å². The van der Waals surface area contributed by atoms with E-state index in [9.17, 15) is 0 Å². The maximum atomic E-state index is 5.79. The number of benzene rings is 2. The van der Waals surface area contributed by atoms with Crippen LogP contribution < -0.4 is 23.7 Å². The van der Waals surface area contributed by atoms with Gasteiger partial charge in [-0.15, -0.1) is 0 Å². The van der Waals surface area contributed by atoms with Crippen LogP contribution in [0.15, 0.2) is 30.3 Å². The second kappa shape index (κ2) is 9.29. The maximum absolute atomic E-state index is 5.79. The molecule has 0 N–H and O–H groups in total. The third-order valence-electron chi connectivity index (χ3n) is 5.71. The molecule has 2 aromatic rings. The summed E-state index contributed by atoms with van der Waals surface area (Å²) < 4.78 is 28.2. The van der Waals surface area contributed by atoms with Gasteiger partial charge in [-0.25, -0.2) is 0 Å². The first-order chi connectivity index (χ1) is 13.7. The third kappa shape index (κ3) is 4.72. The van der Waals surface area contributed by atoms with Crippen LogP contribution in [-0.2, 0) is 0 Å². The molecule has 2 atom stereocenters. The maximum Gasteiger partial charge on any atom is 0.130 e. The molecule has 0 amide bonds. The average molecular weight is 403 g/mol. The number of rotatable bonds is 8. The molecular formula is C24H34O5. The minimum Gasteiger partial charge on any atom is -0.497 e. The van der Waals surface area contributed by atoms with Crippen molar-refractivity contribution in [1.82, 2.24) is 0 Å². The third-order valence-corrected chi connectivity index (χ3v) is 5.71. The fourth-order valence-electron chi connectivity index (χ4n) is 3.59.